The van der Waals surface area contributed by atoms with Crippen LogP contribution in [0.4, 0.5) is 0 Å². The normalized spacial score (nSPS) is 13.3. The average Bonchev–Trinajstić information content (AvgIpc) is 3.02. The van der Waals surface area contributed by atoms with Crippen molar-refractivity contribution in [3.63, 3.8) is 0 Å². The van der Waals surface area contributed by atoms with Crippen molar-refractivity contribution in [2.24, 2.45) is 0 Å². The van der Waals surface area contributed by atoms with Gasteiger partial charge in [0.15, 0.2) is 0 Å². The minimum absolute atomic E-state index is 0. The zero-order chi connectivity index (χ0) is 52.2. The van der Waals surface area contributed by atoms with Gasteiger partial charge in [-0.15, -0.1) is 0 Å². The van der Waals surface area contributed by atoms with Crippen LogP contribution >= 0.6 is 33.8 Å². The first-order valence-corrected chi connectivity index (χ1v) is 29.6. The smallest absolute Gasteiger partial charge is 0.00808 e. The van der Waals surface area contributed by atoms with Crippen molar-refractivity contribution >= 4 is 61.1 Å². The molecule has 0 aromatic rings. The summed E-state index contributed by atoms with van der Waals surface area (Å²) in [5.41, 5.74) is 0. The van der Waals surface area contributed by atoms with Gasteiger partial charge in [0.25, 0.3) is 0 Å². The molecule has 0 aliphatic rings. The zero-order valence-corrected chi connectivity index (χ0v) is 56.2. The van der Waals surface area contributed by atoms with Gasteiger partial charge in [-0.2, -0.15) is 0 Å². The van der Waals surface area contributed by atoms with Crippen molar-refractivity contribution in [1.29, 1.82) is 0 Å². The fourth-order valence-electron chi connectivity index (χ4n) is 8.41. The molecule has 0 amide bonds. The molecule has 0 saturated heterocycles. The van der Waals surface area contributed by atoms with Gasteiger partial charge in [0.1, 0.15) is 0 Å². The van der Waals surface area contributed by atoms with Crippen molar-refractivity contribution < 1.29 is 19.6 Å². The maximum Gasteiger partial charge on any atom is 0.00808 e. The van der Waals surface area contributed by atoms with Crippen LogP contribution in [0.1, 0.15) is 222 Å². The molecule has 65 heavy (non-hydrogen) atoms. The Labute approximate surface area is 433 Å². The second kappa shape index (κ2) is 37.8. The molecule has 12 nitrogen and oxygen atoms in total. The predicted octanol–water partition coefficient (Wildman–Crippen LogP) is 10.9. The first kappa shape index (κ1) is 76.1. The van der Waals surface area contributed by atoms with E-state index < -0.39 is 33.8 Å². The first-order chi connectivity index (χ1) is 28.8. The zero-order valence-electron chi connectivity index (χ0n) is 48.7. The molecule has 0 atom stereocenters. The molecule has 17 heteroatoms. The van der Waals surface area contributed by atoms with Crippen LogP contribution in [-0.4, -0.2) is 161 Å². The van der Waals surface area contributed by atoms with E-state index in [-0.39, 0.29) is 27.3 Å². The van der Waals surface area contributed by atoms with Crippen LogP contribution < -0.4 is 19.6 Å². The Morgan fingerprint density at radius 3 is 0.246 bits per heavy atom. The molecule has 0 aromatic carbocycles. The van der Waals surface area contributed by atoms with Crippen LogP contribution in [0.15, 0.2) is 0 Å². The Hall–Kier alpha value is 2.16. The Balaban J connectivity index is -0.000000245. The molecule has 0 saturated carbocycles. The topological polar surface area (TPSA) is 118 Å². The van der Waals surface area contributed by atoms with E-state index in [1.165, 1.54) is 0 Å². The summed E-state index contributed by atoms with van der Waals surface area (Å²) in [6.07, 6.45) is 0. The third-order valence-electron chi connectivity index (χ3n) is 10.0. The Kier molecular flexibility index (Phi) is 44.3. The van der Waals surface area contributed by atoms with Gasteiger partial charge in [-0.1, -0.05) is 33.8 Å². The fraction of sp³-hybridized carbons (Fsp3) is 1.00. The van der Waals surface area contributed by atoms with Gasteiger partial charge in [0.05, 0.1) is 0 Å². The third kappa shape index (κ3) is 28.3. The Morgan fingerprint density at radius 2 is 0.215 bits per heavy atom. The van der Waals surface area contributed by atoms with Gasteiger partial charge < -0.3 is 19.6 Å². The SMILES string of the molecule is CC(C)N(C(C)C)P([O-])N(C(C)C)C(C)C.CC(C)N(C(C)C)P([O-])N(C(C)C)C(C)C.CC(C)N(C(C)C)P([O-])N(C(C)C)C(C)C.CC(C)N(C(C)C)P([O-])N(C(C)C)C(C)C.[Pb]. The second-order valence-corrected chi connectivity index (χ2v) is 27.3. The van der Waals surface area contributed by atoms with E-state index >= 15 is 0 Å². The number of hydrogen-bond acceptors (Lipinski definition) is 12. The van der Waals surface area contributed by atoms with Crippen molar-refractivity contribution in [1.82, 2.24) is 37.4 Å². The van der Waals surface area contributed by atoms with Crippen LogP contribution in [0.25, 0.3) is 0 Å². The molecule has 0 rings (SSSR count). The Morgan fingerprint density at radius 1 is 0.169 bits per heavy atom. The first-order valence-electron chi connectivity index (χ1n) is 24.9. The van der Waals surface area contributed by atoms with Crippen molar-refractivity contribution in [2.75, 3.05) is 0 Å². The summed E-state index contributed by atoms with van der Waals surface area (Å²) in [6, 6.07) is 4.94. The Bertz CT molecular complexity index is 813. The average molecular weight is 1200 g/mol. The summed E-state index contributed by atoms with van der Waals surface area (Å²) in [4.78, 5) is 50.4. The maximum atomic E-state index is 12.6. The number of hydrogen-bond donors (Lipinski definition) is 0. The van der Waals surface area contributed by atoms with Crippen LogP contribution in [0, 0.1) is 0 Å². The molecule has 4 radical (unpaired) electrons. The molecule has 0 N–H and O–H groups in total. The minimum atomic E-state index is -1.45. The minimum Gasteiger partial charge on any atom is -0.806 e. The van der Waals surface area contributed by atoms with E-state index in [0.29, 0.717) is 96.7 Å². The van der Waals surface area contributed by atoms with E-state index in [0.717, 1.165) is 0 Å². The summed E-state index contributed by atoms with van der Waals surface area (Å²) in [5, 5.41) is 0. The van der Waals surface area contributed by atoms with E-state index in [1.807, 2.05) is 0 Å². The van der Waals surface area contributed by atoms with Gasteiger partial charge >= 0.3 is 0 Å². The van der Waals surface area contributed by atoms with Crippen LogP contribution in [0.3, 0.4) is 0 Å². The van der Waals surface area contributed by atoms with Crippen molar-refractivity contribution in [3.05, 3.63) is 0 Å². The quantitative estimate of drug-likeness (QED) is 0.0676. The second-order valence-electron chi connectivity index (χ2n) is 21.6. The molecule has 0 spiro atoms. The van der Waals surface area contributed by atoms with Gasteiger partial charge in [-0.25, -0.2) is 0 Å². The van der Waals surface area contributed by atoms with E-state index in [1.54, 1.807) is 0 Å². The summed E-state index contributed by atoms with van der Waals surface area (Å²) in [6.45, 7) is 67.3. The van der Waals surface area contributed by atoms with Gasteiger partial charge in [0, 0.05) is 124 Å². The van der Waals surface area contributed by atoms with E-state index in [9.17, 15) is 19.6 Å². The molecule has 0 bridgehead atoms. The summed E-state index contributed by atoms with van der Waals surface area (Å²) in [5.74, 6) is 0. The third-order valence-corrected chi connectivity index (χ3v) is 20.6. The number of rotatable bonds is 24. The molecule has 0 aliphatic carbocycles. The van der Waals surface area contributed by atoms with Crippen molar-refractivity contribution in [2.45, 2.75) is 318 Å². The van der Waals surface area contributed by atoms with Gasteiger partial charge in [-0.05, 0) is 222 Å². The van der Waals surface area contributed by atoms with E-state index in [4.69, 9.17) is 0 Å². The molecule has 0 unspecified atom stereocenters. The molecule has 0 fully saturated rings. The van der Waals surface area contributed by atoms with Crippen LogP contribution in [-0.2, 0) is 0 Å². The molecular weight excluding hydrogens is 1080 g/mol. The summed E-state index contributed by atoms with van der Waals surface area (Å²) >= 11 is 0. The molecular formula is C48H112N8O4P4Pb-4. The van der Waals surface area contributed by atoms with Gasteiger partial charge in [-0.3, -0.25) is 37.4 Å². The van der Waals surface area contributed by atoms with Crippen molar-refractivity contribution in [3.8, 4) is 0 Å². The van der Waals surface area contributed by atoms with Gasteiger partial charge in [0.2, 0.25) is 0 Å². The van der Waals surface area contributed by atoms with Crippen LogP contribution in [0.5, 0.6) is 0 Å². The molecule has 0 aromatic heterocycles. The fourth-order valence-corrected chi connectivity index (χ4v) is 15.7. The monoisotopic (exact) mass is 1200 g/mol. The predicted molar refractivity (Wildman–Crippen MR) is 290 cm³/mol. The molecule has 0 aliphatic heterocycles. The standard InChI is InChI=1S/4C12H28N2OP.Pb/c4*1-9(2)13(10(3)4)16(15)14(11(5)6)12(7)8;/h4*9-12H,1-8H3;/q4*-1;. The number of nitrogens with zero attached hydrogens (tertiary/aromatic N) is 8. The summed E-state index contributed by atoms with van der Waals surface area (Å²) < 4.78 is 16.7. The molecule has 396 valence electrons. The maximum absolute atomic E-state index is 12.6. The summed E-state index contributed by atoms with van der Waals surface area (Å²) in [7, 11) is -5.79. The largest absolute Gasteiger partial charge is 0.806 e. The van der Waals surface area contributed by atoms with Crippen LogP contribution in [0.2, 0.25) is 0 Å². The van der Waals surface area contributed by atoms with E-state index in [2.05, 4.69) is 259 Å². The molecule has 0 heterocycles.